The number of nitrogens with zero attached hydrogens (tertiary/aromatic N) is 1. The van der Waals surface area contributed by atoms with Crippen LogP contribution < -0.4 is 0 Å². The van der Waals surface area contributed by atoms with E-state index in [1.807, 2.05) is 49.9 Å². The molecule has 0 spiro atoms. The van der Waals surface area contributed by atoms with E-state index < -0.39 is 5.60 Å². The maximum Gasteiger partial charge on any atom is 0.410 e. The van der Waals surface area contributed by atoms with Gasteiger partial charge in [-0.05, 0) is 50.7 Å². The number of ether oxygens (including phenoxy) is 1. The highest BCUT2D eigenvalue weighted by molar-refractivity contribution is 5.69. The molecule has 1 aliphatic rings. The van der Waals surface area contributed by atoms with Crippen LogP contribution in [0.25, 0.3) is 0 Å². The Morgan fingerprint density at radius 3 is 2.12 bits per heavy atom. The van der Waals surface area contributed by atoms with Crippen molar-refractivity contribution >= 4 is 6.09 Å². The van der Waals surface area contributed by atoms with Crippen LogP contribution in [0.1, 0.15) is 50.7 Å². The summed E-state index contributed by atoms with van der Waals surface area (Å²) in [6, 6.07) is 20.9. The number of benzene rings is 2. The molecule has 1 aliphatic carbocycles. The third-order valence-electron chi connectivity index (χ3n) is 4.65. The van der Waals surface area contributed by atoms with E-state index in [2.05, 4.69) is 36.4 Å². The van der Waals surface area contributed by atoms with Crippen molar-refractivity contribution in [2.45, 2.75) is 57.7 Å². The van der Waals surface area contributed by atoms with Crippen molar-refractivity contribution in [3.05, 3.63) is 71.8 Å². The van der Waals surface area contributed by atoms with Crippen LogP contribution in [0.15, 0.2) is 60.7 Å². The van der Waals surface area contributed by atoms with Crippen molar-refractivity contribution in [3.63, 3.8) is 0 Å². The lowest BCUT2D eigenvalue weighted by Crippen LogP contribution is -2.48. The largest absolute Gasteiger partial charge is 0.444 e. The van der Waals surface area contributed by atoms with Crippen LogP contribution in [-0.4, -0.2) is 22.6 Å². The van der Waals surface area contributed by atoms with Gasteiger partial charge in [0.1, 0.15) is 5.60 Å². The number of carbonyl (C=O) groups is 1. The molecule has 0 atom stereocenters. The Bertz CT molecular complexity index is 685. The zero-order valence-electron chi connectivity index (χ0n) is 15.3. The normalized spacial score (nSPS) is 19.8. The number of rotatable bonds is 4. The number of hydrogen-bond acceptors (Lipinski definition) is 2. The Labute approximate surface area is 150 Å². The smallest absolute Gasteiger partial charge is 0.410 e. The van der Waals surface area contributed by atoms with E-state index in [0.717, 1.165) is 18.4 Å². The van der Waals surface area contributed by atoms with E-state index in [0.29, 0.717) is 12.5 Å². The highest BCUT2D eigenvalue weighted by Gasteiger charge is 2.38. The molecule has 3 nitrogen and oxygen atoms in total. The maximum atomic E-state index is 12.7. The highest BCUT2D eigenvalue weighted by Crippen LogP contribution is 2.40. The third-order valence-corrected chi connectivity index (χ3v) is 4.65. The van der Waals surface area contributed by atoms with Gasteiger partial charge in [-0.25, -0.2) is 4.79 Å². The fourth-order valence-corrected chi connectivity index (χ4v) is 3.28. The van der Waals surface area contributed by atoms with Crippen molar-refractivity contribution in [3.8, 4) is 0 Å². The number of amides is 1. The van der Waals surface area contributed by atoms with Gasteiger partial charge in [0.15, 0.2) is 0 Å². The van der Waals surface area contributed by atoms with E-state index >= 15 is 0 Å². The Kier molecular flexibility index (Phi) is 5.12. The second kappa shape index (κ2) is 7.30. The van der Waals surface area contributed by atoms with Crippen LogP contribution in [0.3, 0.4) is 0 Å². The van der Waals surface area contributed by atoms with Gasteiger partial charge in [-0.2, -0.15) is 0 Å². The van der Waals surface area contributed by atoms with Gasteiger partial charge in [-0.3, -0.25) is 0 Å². The Morgan fingerprint density at radius 1 is 1.00 bits per heavy atom. The minimum atomic E-state index is -0.478. The minimum absolute atomic E-state index is 0.215. The fraction of sp³-hybridized carbons (Fsp3) is 0.409. The second-order valence-corrected chi connectivity index (χ2v) is 7.83. The fourth-order valence-electron chi connectivity index (χ4n) is 3.28. The lowest BCUT2D eigenvalue weighted by atomic mass is 9.75. The van der Waals surface area contributed by atoms with Crippen LogP contribution in [-0.2, 0) is 11.3 Å². The zero-order valence-corrected chi connectivity index (χ0v) is 15.3. The van der Waals surface area contributed by atoms with Gasteiger partial charge in [-0.15, -0.1) is 0 Å². The van der Waals surface area contributed by atoms with Gasteiger partial charge in [0, 0.05) is 12.6 Å². The summed E-state index contributed by atoms with van der Waals surface area (Å²) in [6.45, 7) is 6.35. The molecular formula is C22H27NO2. The summed E-state index contributed by atoms with van der Waals surface area (Å²) in [6.07, 6.45) is 1.78. The molecule has 0 radical (unpaired) electrons. The van der Waals surface area contributed by atoms with Crippen molar-refractivity contribution < 1.29 is 9.53 Å². The number of carbonyl (C=O) groups excluding carboxylic acids is 1. The molecule has 3 heteroatoms. The first kappa shape index (κ1) is 17.5. The first-order valence-corrected chi connectivity index (χ1v) is 9.01. The number of hydrogen-bond donors (Lipinski definition) is 0. The standard InChI is InChI=1S/C22H27NO2/c1-22(2,3)25-21(24)23(16-17-10-6-4-7-11-17)20-14-19(15-20)18-12-8-5-9-13-18/h4-13,19-20H,14-16H2,1-3H3. The molecule has 0 saturated heterocycles. The summed E-state index contributed by atoms with van der Waals surface area (Å²) in [5, 5.41) is 0. The molecule has 0 aromatic heterocycles. The van der Waals surface area contributed by atoms with E-state index in [1.165, 1.54) is 5.56 Å². The quantitative estimate of drug-likeness (QED) is 0.750. The van der Waals surface area contributed by atoms with Crippen molar-refractivity contribution in [2.75, 3.05) is 0 Å². The summed E-state index contributed by atoms with van der Waals surface area (Å²) in [5.41, 5.74) is 2.02. The van der Waals surface area contributed by atoms with Crippen LogP contribution in [0.5, 0.6) is 0 Å². The van der Waals surface area contributed by atoms with Crippen molar-refractivity contribution in [2.24, 2.45) is 0 Å². The molecule has 0 heterocycles. The maximum absolute atomic E-state index is 12.7. The first-order chi connectivity index (χ1) is 11.9. The van der Waals surface area contributed by atoms with Gasteiger partial charge >= 0.3 is 6.09 Å². The monoisotopic (exact) mass is 337 g/mol. The average molecular weight is 337 g/mol. The van der Waals surface area contributed by atoms with Crippen LogP contribution in [0, 0.1) is 0 Å². The summed E-state index contributed by atoms with van der Waals surface area (Å²) in [5.74, 6) is 0.534. The predicted octanol–water partition coefficient (Wildman–Crippen LogP) is 5.37. The summed E-state index contributed by atoms with van der Waals surface area (Å²) < 4.78 is 5.66. The lowest BCUT2D eigenvalue weighted by Gasteiger charge is -2.43. The molecule has 3 rings (SSSR count). The lowest BCUT2D eigenvalue weighted by molar-refractivity contribution is 0.00158. The van der Waals surface area contributed by atoms with Crippen LogP contribution in [0.2, 0.25) is 0 Å². The molecule has 0 unspecified atom stereocenters. The van der Waals surface area contributed by atoms with Crippen LogP contribution in [0.4, 0.5) is 4.79 Å². The SMILES string of the molecule is CC(C)(C)OC(=O)N(Cc1ccccc1)C1CC(c2ccccc2)C1. The second-order valence-electron chi connectivity index (χ2n) is 7.83. The van der Waals surface area contributed by atoms with Gasteiger partial charge in [0.25, 0.3) is 0 Å². The molecule has 132 valence electrons. The van der Waals surface area contributed by atoms with Gasteiger partial charge < -0.3 is 9.64 Å². The Morgan fingerprint density at radius 2 is 1.56 bits per heavy atom. The molecule has 1 amide bonds. The minimum Gasteiger partial charge on any atom is -0.444 e. The molecule has 1 saturated carbocycles. The summed E-state index contributed by atoms with van der Waals surface area (Å²) in [4.78, 5) is 14.6. The molecule has 0 bridgehead atoms. The summed E-state index contributed by atoms with van der Waals surface area (Å²) in [7, 11) is 0. The van der Waals surface area contributed by atoms with Crippen LogP contribution >= 0.6 is 0 Å². The van der Waals surface area contributed by atoms with Gasteiger partial charge in [0.2, 0.25) is 0 Å². The molecular weight excluding hydrogens is 310 g/mol. The van der Waals surface area contributed by atoms with E-state index in [1.54, 1.807) is 0 Å². The first-order valence-electron chi connectivity index (χ1n) is 9.01. The molecule has 25 heavy (non-hydrogen) atoms. The van der Waals surface area contributed by atoms with Gasteiger partial charge in [0.05, 0.1) is 0 Å². The van der Waals surface area contributed by atoms with E-state index in [4.69, 9.17) is 4.74 Å². The Balaban J connectivity index is 1.70. The van der Waals surface area contributed by atoms with Crippen molar-refractivity contribution in [1.29, 1.82) is 0 Å². The average Bonchev–Trinajstić information content (AvgIpc) is 2.53. The molecule has 2 aromatic rings. The highest BCUT2D eigenvalue weighted by atomic mass is 16.6. The molecule has 0 aliphatic heterocycles. The zero-order chi connectivity index (χ0) is 17.9. The van der Waals surface area contributed by atoms with Crippen molar-refractivity contribution in [1.82, 2.24) is 4.90 Å². The topological polar surface area (TPSA) is 29.5 Å². The molecule has 0 N–H and O–H groups in total. The molecule has 1 fully saturated rings. The summed E-state index contributed by atoms with van der Waals surface area (Å²) >= 11 is 0. The predicted molar refractivity (Wildman–Crippen MR) is 100 cm³/mol. The van der Waals surface area contributed by atoms with E-state index in [9.17, 15) is 4.79 Å². The van der Waals surface area contributed by atoms with Gasteiger partial charge in [-0.1, -0.05) is 60.7 Å². The molecule has 2 aromatic carbocycles. The van der Waals surface area contributed by atoms with E-state index in [-0.39, 0.29) is 12.1 Å². The third kappa shape index (κ3) is 4.62. The Hall–Kier alpha value is -2.29.